The predicted molar refractivity (Wildman–Crippen MR) is 87.5 cm³/mol. The molecule has 2 atom stereocenters. The average Bonchev–Trinajstić information content (AvgIpc) is 2.54. The highest BCUT2D eigenvalue weighted by Crippen LogP contribution is 2.23. The lowest BCUT2D eigenvalue weighted by Crippen LogP contribution is -2.43. The summed E-state index contributed by atoms with van der Waals surface area (Å²) in [4.78, 5) is 23.4. The molecule has 5 nitrogen and oxygen atoms in total. The Morgan fingerprint density at radius 2 is 1.87 bits per heavy atom. The molecule has 23 heavy (non-hydrogen) atoms. The van der Waals surface area contributed by atoms with Gasteiger partial charge in [0.15, 0.2) is 13.2 Å². The SMILES string of the molecule is C[C@@H]1CCCC[C@H]1NC(=O)COC(=O)COc1ccc(Cl)cc1. The monoisotopic (exact) mass is 339 g/mol. The van der Waals surface area contributed by atoms with Crippen LogP contribution in [0.3, 0.4) is 0 Å². The lowest BCUT2D eigenvalue weighted by atomic mass is 9.86. The first kappa shape index (κ1) is 17.6. The number of benzene rings is 1. The highest BCUT2D eigenvalue weighted by atomic mass is 35.5. The fraction of sp³-hybridized carbons (Fsp3) is 0.529. The molecule has 1 aromatic rings. The minimum absolute atomic E-state index is 0.181. The van der Waals surface area contributed by atoms with Crippen LogP contribution in [0.4, 0.5) is 0 Å². The zero-order valence-corrected chi connectivity index (χ0v) is 14.0. The van der Waals surface area contributed by atoms with Gasteiger partial charge in [0, 0.05) is 11.1 Å². The van der Waals surface area contributed by atoms with Crippen molar-refractivity contribution >= 4 is 23.5 Å². The summed E-state index contributed by atoms with van der Waals surface area (Å²) in [5, 5.41) is 3.52. The van der Waals surface area contributed by atoms with Gasteiger partial charge >= 0.3 is 5.97 Å². The Hall–Kier alpha value is -1.75. The molecular formula is C17H22ClNO4. The molecule has 0 radical (unpaired) electrons. The van der Waals surface area contributed by atoms with Crippen LogP contribution in [0.2, 0.25) is 5.02 Å². The van der Waals surface area contributed by atoms with Gasteiger partial charge in [0.1, 0.15) is 5.75 Å². The van der Waals surface area contributed by atoms with Crippen LogP contribution in [0, 0.1) is 5.92 Å². The van der Waals surface area contributed by atoms with Crippen molar-refractivity contribution in [3.63, 3.8) is 0 Å². The fourth-order valence-electron chi connectivity index (χ4n) is 2.64. The van der Waals surface area contributed by atoms with E-state index in [9.17, 15) is 9.59 Å². The standard InChI is InChI=1S/C17H22ClNO4/c1-12-4-2-3-5-15(12)19-16(20)10-23-17(21)11-22-14-8-6-13(18)7-9-14/h6-9,12,15H,2-5,10-11H2,1H3,(H,19,20)/t12-,15-/m1/s1. The molecule has 0 unspecified atom stereocenters. The van der Waals surface area contributed by atoms with Crippen molar-refractivity contribution in [3.8, 4) is 5.75 Å². The van der Waals surface area contributed by atoms with Crippen LogP contribution < -0.4 is 10.1 Å². The Morgan fingerprint density at radius 1 is 1.17 bits per heavy atom. The molecule has 126 valence electrons. The summed E-state index contributed by atoms with van der Waals surface area (Å²) in [6.45, 7) is 1.62. The molecule has 1 amide bonds. The van der Waals surface area contributed by atoms with Crippen LogP contribution in [-0.2, 0) is 14.3 Å². The number of ether oxygens (including phenoxy) is 2. The zero-order valence-electron chi connectivity index (χ0n) is 13.2. The molecule has 0 bridgehead atoms. The second-order valence-corrected chi connectivity index (χ2v) is 6.28. The van der Waals surface area contributed by atoms with Crippen molar-refractivity contribution in [2.24, 2.45) is 5.92 Å². The van der Waals surface area contributed by atoms with Crippen LogP contribution in [0.1, 0.15) is 32.6 Å². The summed E-state index contributed by atoms with van der Waals surface area (Å²) in [6, 6.07) is 6.84. The fourth-order valence-corrected chi connectivity index (χ4v) is 2.77. The van der Waals surface area contributed by atoms with Gasteiger partial charge in [-0.2, -0.15) is 0 Å². The first-order valence-corrected chi connectivity index (χ1v) is 8.26. The van der Waals surface area contributed by atoms with Crippen molar-refractivity contribution in [1.82, 2.24) is 5.32 Å². The Balaban J connectivity index is 1.65. The van der Waals surface area contributed by atoms with Gasteiger partial charge in [0.25, 0.3) is 5.91 Å². The Kier molecular flexibility index (Phi) is 6.71. The van der Waals surface area contributed by atoms with Crippen molar-refractivity contribution in [2.75, 3.05) is 13.2 Å². The van der Waals surface area contributed by atoms with Gasteiger partial charge in [-0.05, 0) is 43.0 Å². The third-order valence-electron chi connectivity index (χ3n) is 3.99. The van der Waals surface area contributed by atoms with Crippen molar-refractivity contribution < 1.29 is 19.1 Å². The topological polar surface area (TPSA) is 64.6 Å². The Morgan fingerprint density at radius 3 is 2.57 bits per heavy atom. The van der Waals surface area contributed by atoms with Gasteiger partial charge in [0.05, 0.1) is 0 Å². The Bertz CT molecular complexity index is 532. The summed E-state index contributed by atoms with van der Waals surface area (Å²) < 4.78 is 10.2. The highest BCUT2D eigenvalue weighted by Gasteiger charge is 2.23. The summed E-state index contributed by atoms with van der Waals surface area (Å²) in [5.74, 6) is 0.152. The third kappa shape index (κ3) is 6.10. The van der Waals surface area contributed by atoms with E-state index in [2.05, 4.69) is 12.2 Å². The lowest BCUT2D eigenvalue weighted by molar-refractivity contribution is -0.150. The van der Waals surface area contributed by atoms with Gasteiger partial charge < -0.3 is 14.8 Å². The van der Waals surface area contributed by atoms with Gasteiger partial charge in [-0.15, -0.1) is 0 Å². The molecule has 1 aromatic carbocycles. The molecule has 0 spiro atoms. The van der Waals surface area contributed by atoms with Crippen LogP contribution in [0.5, 0.6) is 5.75 Å². The summed E-state index contributed by atoms with van der Waals surface area (Å²) in [7, 11) is 0. The number of amides is 1. The van der Waals surface area contributed by atoms with E-state index in [1.165, 1.54) is 6.42 Å². The quantitative estimate of drug-likeness (QED) is 0.809. The van der Waals surface area contributed by atoms with E-state index in [0.29, 0.717) is 16.7 Å². The first-order valence-electron chi connectivity index (χ1n) is 7.88. The summed E-state index contributed by atoms with van der Waals surface area (Å²) in [5.41, 5.74) is 0. The predicted octanol–water partition coefficient (Wildman–Crippen LogP) is 2.96. The molecule has 1 aliphatic carbocycles. The maximum atomic E-state index is 11.8. The van der Waals surface area contributed by atoms with Gasteiger partial charge in [-0.25, -0.2) is 4.79 Å². The number of hydrogen-bond donors (Lipinski definition) is 1. The second kappa shape index (κ2) is 8.77. The number of halogens is 1. The Labute approximate surface area is 141 Å². The summed E-state index contributed by atoms with van der Waals surface area (Å²) in [6.07, 6.45) is 4.45. The van der Waals surface area contributed by atoms with Gasteiger partial charge in [0.2, 0.25) is 0 Å². The highest BCUT2D eigenvalue weighted by molar-refractivity contribution is 6.30. The molecular weight excluding hydrogens is 318 g/mol. The van der Waals surface area contributed by atoms with Gasteiger partial charge in [-0.1, -0.05) is 31.4 Å². The minimum atomic E-state index is -0.577. The van der Waals surface area contributed by atoms with Crippen molar-refractivity contribution in [1.29, 1.82) is 0 Å². The van der Waals surface area contributed by atoms with Crippen LogP contribution in [-0.4, -0.2) is 31.1 Å². The average molecular weight is 340 g/mol. The molecule has 0 aromatic heterocycles. The normalized spacial score (nSPS) is 20.6. The molecule has 0 heterocycles. The number of carbonyl (C=O) groups excluding carboxylic acids is 2. The molecule has 0 saturated heterocycles. The molecule has 1 fully saturated rings. The van der Waals surface area contributed by atoms with E-state index in [0.717, 1.165) is 19.3 Å². The van der Waals surface area contributed by atoms with Gasteiger partial charge in [-0.3, -0.25) is 4.79 Å². The number of esters is 1. The van der Waals surface area contributed by atoms with E-state index in [-0.39, 0.29) is 25.2 Å². The largest absolute Gasteiger partial charge is 0.482 e. The molecule has 2 rings (SSSR count). The number of carbonyl (C=O) groups is 2. The third-order valence-corrected chi connectivity index (χ3v) is 4.24. The van der Waals surface area contributed by atoms with E-state index in [1.807, 2.05) is 0 Å². The molecule has 1 saturated carbocycles. The number of hydrogen-bond acceptors (Lipinski definition) is 4. The number of rotatable bonds is 6. The van der Waals surface area contributed by atoms with E-state index in [4.69, 9.17) is 21.1 Å². The first-order chi connectivity index (χ1) is 11.0. The molecule has 1 N–H and O–H groups in total. The lowest BCUT2D eigenvalue weighted by Gasteiger charge is -2.29. The molecule has 1 aliphatic rings. The smallest absolute Gasteiger partial charge is 0.344 e. The van der Waals surface area contributed by atoms with E-state index >= 15 is 0 Å². The second-order valence-electron chi connectivity index (χ2n) is 5.84. The maximum Gasteiger partial charge on any atom is 0.344 e. The van der Waals surface area contributed by atoms with Crippen LogP contribution >= 0.6 is 11.6 Å². The zero-order chi connectivity index (χ0) is 16.7. The maximum absolute atomic E-state index is 11.8. The minimum Gasteiger partial charge on any atom is -0.482 e. The molecule has 6 heteroatoms. The van der Waals surface area contributed by atoms with E-state index in [1.54, 1.807) is 24.3 Å². The van der Waals surface area contributed by atoms with Crippen LogP contribution in [0.25, 0.3) is 0 Å². The van der Waals surface area contributed by atoms with E-state index < -0.39 is 5.97 Å². The van der Waals surface area contributed by atoms with Crippen molar-refractivity contribution in [2.45, 2.75) is 38.6 Å². The molecule has 0 aliphatic heterocycles. The van der Waals surface area contributed by atoms with Crippen LogP contribution in [0.15, 0.2) is 24.3 Å². The number of nitrogens with one attached hydrogen (secondary N) is 1. The van der Waals surface area contributed by atoms with Crippen molar-refractivity contribution in [3.05, 3.63) is 29.3 Å². The summed E-state index contributed by atoms with van der Waals surface area (Å²) >= 11 is 5.76.